The Morgan fingerprint density at radius 3 is 2.53 bits per heavy atom. The minimum Gasteiger partial charge on any atom is -0.352 e. The molecule has 2 atom stereocenters. The van der Waals surface area contributed by atoms with Crippen molar-refractivity contribution in [3.63, 3.8) is 0 Å². The van der Waals surface area contributed by atoms with Crippen LogP contribution in [0.1, 0.15) is 43.9 Å². The zero-order valence-corrected chi connectivity index (χ0v) is 19.0. The van der Waals surface area contributed by atoms with Crippen LogP contribution >= 0.6 is 11.8 Å². The van der Waals surface area contributed by atoms with Crippen molar-refractivity contribution in [3.05, 3.63) is 71.0 Å². The molecular weight excluding hydrogens is 399 g/mol. The Kier molecular flexibility index (Phi) is 9.37. The van der Waals surface area contributed by atoms with Crippen LogP contribution in [0.2, 0.25) is 0 Å². The van der Waals surface area contributed by atoms with Crippen LogP contribution < -0.4 is 5.32 Å². The second kappa shape index (κ2) is 11.7. The number of hydrogen-bond donors (Lipinski definition) is 1. The molecule has 30 heavy (non-hydrogen) atoms. The monoisotopic (exact) mass is 430 g/mol. The molecule has 0 spiro atoms. The number of rotatable bonds is 10. The molecule has 0 heterocycles. The van der Waals surface area contributed by atoms with Gasteiger partial charge in [-0.2, -0.15) is 0 Å². The standard InChI is InChI=1S/C24H31FN2O2S/c1-5-18(3)26-24(29)19(4)27(14-21-11-6-7-12-22(21)25)23(28)16-30-15-20-10-8-9-17(2)13-20/h6-13,18-19H,5,14-16H2,1-4H3,(H,26,29)/t18-,19+/m1/s1. The largest absolute Gasteiger partial charge is 0.352 e. The van der Waals surface area contributed by atoms with Crippen LogP contribution in [0.5, 0.6) is 0 Å². The van der Waals surface area contributed by atoms with Gasteiger partial charge in [-0.3, -0.25) is 9.59 Å². The summed E-state index contributed by atoms with van der Waals surface area (Å²) in [6.45, 7) is 7.70. The summed E-state index contributed by atoms with van der Waals surface area (Å²) in [7, 11) is 0. The SMILES string of the molecule is CC[C@@H](C)NC(=O)[C@H](C)N(Cc1ccccc1F)C(=O)CSCc1cccc(C)c1. The van der Waals surface area contributed by atoms with Crippen molar-refractivity contribution < 1.29 is 14.0 Å². The number of nitrogens with zero attached hydrogens (tertiary/aromatic N) is 1. The first-order valence-corrected chi connectivity index (χ1v) is 11.4. The summed E-state index contributed by atoms with van der Waals surface area (Å²) in [6, 6.07) is 13.8. The molecule has 1 N–H and O–H groups in total. The number of nitrogens with one attached hydrogen (secondary N) is 1. The van der Waals surface area contributed by atoms with E-state index in [1.807, 2.05) is 39.0 Å². The molecule has 0 unspecified atom stereocenters. The lowest BCUT2D eigenvalue weighted by atomic mass is 10.1. The van der Waals surface area contributed by atoms with E-state index in [0.717, 1.165) is 12.0 Å². The second-order valence-corrected chi connectivity index (χ2v) is 8.57. The number of hydrogen-bond acceptors (Lipinski definition) is 3. The summed E-state index contributed by atoms with van der Waals surface area (Å²) in [6.07, 6.45) is 0.798. The van der Waals surface area contributed by atoms with Gasteiger partial charge in [0, 0.05) is 23.9 Å². The number of carbonyl (C=O) groups is 2. The second-order valence-electron chi connectivity index (χ2n) is 7.59. The molecule has 0 fully saturated rings. The zero-order valence-electron chi connectivity index (χ0n) is 18.2. The van der Waals surface area contributed by atoms with Crippen LogP contribution in [-0.2, 0) is 21.9 Å². The normalized spacial score (nSPS) is 12.8. The highest BCUT2D eigenvalue weighted by Gasteiger charge is 2.27. The van der Waals surface area contributed by atoms with Gasteiger partial charge in [0.05, 0.1) is 5.75 Å². The Hall–Kier alpha value is -2.34. The number of amides is 2. The first-order valence-electron chi connectivity index (χ1n) is 10.3. The van der Waals surface area contributed by atoms with E-state index in [1.54, 1.807) is 25.1 Å². The van der Waals surface area contributed by atoms with Gasteiger partial charge in [-0.05, 0) is 38.8 Å². The van der Waals surface area contributed by atoms with Crippen molar-refractivity contribution >= 4 is 23.6 Å². The number of carbonyl (C=O) groups excluding carboxylic acids is 2. The summed E-state index contributed by atoms with van der Waals surface area (Å²) < 4.78 is 14.2. The lowest BCUT2D eigenvalue weighted by molar-refractivity contribution is -0.139. The third-order valence-corrected chi connectivity index (χ3v) is 6.03. The Labute approximate surface area is 183 Å². The minimum absolute atomic E-state index is 0.0149. The lowest BCUT2D eigenvalue weighted by Gasteiger charge is -2.29. The van der Waals surface area contributed by atoms with E-state index in [4.69, 9.17) is 0 Å². The fraction of sp³-hybridized carbons (Fsp3) is 0.417. The van der Waals surface area contributed by atoms with Crippen molar-refractivity contribution in [1.29, 1.82) is 0 Å². The van der Waals surface area contributed by atoms with E-state index in [0.29, 0.717) is 11.3 Å². The molecule has 0 radical (unpaired) electrons. The Morgan fingerprint density at radius 1 is 1.13 bits per heavy atom. The maximum absolute atomic E-state index is 14.2. The lowest BCUT2D eigenvalue weighted by Crippen LogP contribution is -2.50. The molecular formula is C24H31FN2O2S. The van der Waals surface area contributed by atoms with Gasteiger partial charge in [-0.1, -0.05) is 55.0 Å². The third-order valence-electron chi connectivity index (χ3n) is 5.04. The third kappa shape index (κ3) is 7.17. The van der Waals surface area contributed by atoms with Gasteiger partial charge in [0.25, 0.3) is 0 Å². The molecule has 0 bridgehead atoms. The highest BCUT2D eigenvalue weighted by atomic mass is 32.2. The number of thioether (sulfide) groups is 1. The van der Waals surface area contributed by atoms with Crippen LogP contribution in [0.4, 0.5) is 4.39 Å². The molecule has 2 aromatic rings. The molecule has 2 rings (SSSR count). The number of halogens is 1. The van der Waals surface area contributed by atoms with E-state index in [-0.39, 0.29) is 36.0 Å². The average molecular weight is 431 g/mol. The van der Waals surface area contributed by atoms with Gasteiger partial charge in [-0.25, -0.2) is 4.39 Å². The molecule has 0 saturated carbocycles. The molecule has 0 saturated heterocycles. The molecule has 2 amide bonds. The van der Waals surface area contributed by atoms with E-state index in [1.165, 1.54) is 28.3 Å². The zero-order chi connectivity index (χ0) is 22.1. The van der Waals surface area contributed by atoms with Crippen molar-refractivity contribution in [2.75, 3.05) is 5.75 Å². The van der Waals surface area contributed by atoms with Crippen molar-refractivity contribution in [1.82, 2.24) is 10.2 Å². The van der Waals surface area contributed by atoms with Gasteiger partial charge in [0.2, 0.25) is 11.8 Å². The Morgan fingerprint density at radius 2 is 1.87 bits per heavy atom. The molecule has 4 nitrogen and oxygen atoms in total. The number of benzene rings is 2. The van der Waals surface area contributed by atoms with Gasteiger partial charge >= 0.3 is 0 Å². The highest BCUT2D eigenvalue weighted by Crippen LogP contribution is 2.18. The fourth-order valence-corrected chi connectivity index (χ4v) is 3.86. The maximum Gasteiger partial charge on any atom is 0.242 e. The summed E-state index contributed by atoms with van der Waals surface area (Å²) in [5, 5.41) is 2.92. The molecule has 0 aromatic heterocycles. The van der Waals surface area contributed by atoms with E-state index >= 15 is 0 Å². The van der Waals surface area contributed by atoms with Crippen LogP contribution in [0.3, 0.4) is 0 Å². The van der Waals surface area contributed by atoms with Crippen LogP contribution in [0.15, 0.2) is 48.5 Å². The molecule has 0 aliphatic carbocycles. The summed E-state index contributed by atoms with van der Waals surface area (Å²) in [5.41, 5.74) is 2.73. The fourth-order valence-electron chi connectivity index (χ4n) is 3.00. The quantitative estimate of drug-likeness (QED) is 0.594. The van der Waals surface area contributed by atoms with Gasteiger partial charge in [-0.15, -0.1) is 11.8 Å². The van der Waals surface area contributed by atoms with Crippen molar-refractivity contribution in [2.45, 2.75) is 58.5 Å². The molecule has 2 aromatic carbocycles. The first-order chi connectivity index (χ1) is 14.3. The summed E-state index contributed by atoms with van der Waals surface area (Å²) in [4.78, 5) is 27.2. The summed E-state index contributed by atoms with van der Waals surface area (Å²) >= 11 is 1.50. The predicted octanol–water partition coefficient (Wildman–Crippen LogP) is 4.70. The smallest absolute Gasteiger partial charge is 0.242 e. The molecule has 0 aliphatic rings. The maximum atomic E-state index is 14.2. The van der Waals surface area contributed by atoms with Crippen LogP contribution in [-0.4, -0.2) is 34.6 Å². The Bertz CT molecular complexity index is 859. The summed E-state index contributed by atoms with van der Waals surface area (Å²) in [5.74, 6) is 0.148. The molecule has 162 valence electrons. The van der Waals surface area contributed by atoms with Crippen LogP contribution in [0, 0.1) is 12.7 Å². The first kappa shape index (κ1) is 23.9. The van der Waals surface area contributed by atoms with Crippen molar-refractivity contribution in [2.24, 2.45) is 0 Å². The topological polar surface area (TPSA) is 49.4 Å². The van der Waals surface area contributed by atoms with E-state index < -0.39 is 6.04 Å². The van der Waals surface area contributed by atoms with Crippen molar-refractivity contribution in [3.8, 4) is 0 Å². The Balaban J connectivity index is 2.09. The van der Waals surface area contributed by atoms with E-state index in [2.05, 4.69) is 11.4 Å². The predicted molar refractivity (Wildman–Crippen MR) is 122 cm³/mol. The average Bonchev–Trinajstić information content (AvgIpc) is 2.72. The number of aryl methyl sites for hydroxylation is 1. The molecule has 0 aliphatic heterocycles. The highest BCUT2D eigenvalue weighted by molar-refractivity contribution is 7.99. The minimum atomic E-state index is -0.689. The molecule has 6 heteroatoms. The van der Waals surface area contributed by atoms with Gasteiger partial charge in [0.15, 0.2) is 0 Å². The van der Waals surface area contributed by atoms with Gasteiger partial charge in [0.1, 0.15) is 11.9 Å². The van der Waals surface area contributed by atoms with Gasteiger partial charge < -0.3 is 10.2 Å². The van der Waals surface area contributed by atoms with E-state index in [9.17, 15) is 14.0 Å². The van der Waals surface area contributed by atoms with Crippen LogP contribution in [0.25, 0.3) is 0 Å².